The molecule has 0 N–H and O–H groups in total. The molecule has 0 aromatic heterocycles. The summed E-state index contributed by atoms with van der Waals surface area (Å²) in [6, 6.07) is 30.0. The monoisotopic (exact) mass is 698 g/mol. The van der Waals surface area contributed by atoms with Gasteiger partial charge in [0.05, 0.1) is 12.7 Å². The lowest BCUT2D eigenvalue weighted by Gasteiger charge is -2.28. The molecule has 0 unspecified atom stereocenters. The summed E-state index contributed by atoms with van der Waals surface area (Å²) in [4.78, 5) is 37.6. The molecule has 0 radical (unpaired) electrons. The second-order valence-corrected chi connectivity index (χ2v) is 14.4. The van der Waals surface area contributed by atoms with E-state index >= 15 is 0 Å². The summed E-state index contributed by atoms with van der Waals surface area (Å²) < 4.78 is 22.5. The quantitative estimate of drug-likeness (QED) is 0.0621. The predicted octanol–water partition coefficient (Wildman–Crippen LogP) is 10.6. The number of ether oxygens (including phenoxy) is 4. The molecule has 7 heteroatoms. The number of esters is 1. The van der Waals surface area contributed by atoms with E-state index in [2.05, 4.69) is 39.8 Å². The summed E-state index contributed by atoms with van der Waals surface area (Å²) in [6.07, 6.45) is -0.815. The van der Waals surface area contributed by atoms with Crippen molar-refractivity contribution in [3.63, 3.8) is 0 Å². The van der Waals surface area contributed by atoms with Crippen LogP contribution in [0, 0.1) is 27.7 Å². The van der Waals surface area contributed by atoms with Crippen LogP contribution in [0.5, 0.6) is 23.0 Å². The minimum absolute atomic E-state index is 0.121. The first-order valence-electron chi connectivity index (χ1n) is 17.2. The standard InChI is InChI=1S/C45H46O7/c1-27-22-34(14-18-38(27)49-10)44(6,7)36-16-20-40(29(3)24-36)51-43(48)52-41-21-17-37(25-30(41)4)45(8,9)35-15-19-39(28(2)23-35)50-42(47)33-13-11-12-32(26-33)31(5)46/h11-26H,1-10H3. The third kappa shape index (κ3) is 7.94. The van der Waals surface area contributed by atoms with Crippen LogP contribution in [0.25, 0.3) is 0 Å². The van der Waals surface area contributed by atoms with Crippen molar-refractivity contribution in [3.05, 3.63) is 153 Å². The lowest BCUT2D eigenvalue weighted by molar-refractivity contribution is 0.0733. The largest absolute Gasteiger partial charge is 0.519 e. The Bertz CT molecular complexity index is 2170. The highest BCUT2D eigenvalue weighted by molar-refractivity contribution is 5.98. The molecule has 268 valence electrons. The molecule has 0 aliphatic rings. The molecule has 0 saturated carbocycles. The topological polar surface area (TPSA) is 88.1 Å². The van der Waals surface area contributed by atoms with Gasteiger partial charge in [-0.2, -0.15) is 0 Å². The van der Waals surface area contributed by atoms with Gasteiger partial charge in [-0.05, 0) is 116 Å². The molecule has 0 heterocycles. The number of rotatable bonds is 10. The second-order valence-electron chi connectivity index (χ2n) is 14.4. The van der Waals surface area contributed by atoms with E-state index in [4.69, 9.17) is 18.9 Å². The number of ketones is 1. The number of hydrogen-bond donors (Lipinski definition) is 0. The van der Waals surface area contributed by atoms with Gasteiger partial charge in [0.1, 0.15) is 23.0 Å². The average Bonchev–Trinajstić information content (AvgIpc) is 3.10. The summed E-state index contributed by atoms with van der Waals surface area (Å²) in [5, 5.41) is 0. The van der Waals surface area contributed by atoms with Gasteiger partial charge in [-0.1, -0.05) is 88.4 Å². The average molecular weight is 699 g/mol. The van der Waals surface area contributed by atoms with E-state index in [1.54, 1.807) is 37.4 Å². The molecule has 0 atom stereocenters. The third-order valence-corrected chi connectivity index (χ3v) is 9.90. The van der Waals surface area contributed by atoms with Crippen molar-refractivity contribution in [1.82, 2.24) is 0 Å². The Morgan fingerprint density at radius 2 is 0.846 bits per heavy atom. The zero-order valence-corrected chi connectivity index (χ0v) is 31.6. The number of hydrogen-bond acceptors (Lipinski definition) is 7. The van der Waals surface area contributed by atoms with Crippen LogP contribution in [0.1, 0.15) is 99.8 Å². The molecular weight excluding hydrogens is 652 g/mol. The number of Topliss-reactive ketones (excluding diaryl/α,β-unsaturated/α-hetero) is 1. The van der Waals surface area contributed by atoms with Crippen LogP contribution in [0.2, 0.25) is 0 Å². The minimum atomic E-state index is -0.815. The highest BCUT2D eigenvalue weighted by atomic mass is 16.7. The van der Waals surface area contributed by atoms with Crippen molar-refractivity contribution in [3.8, 4) is 23.0 Å². The molecule has 0 aliphatic heterocycles. The maximum absolute atomic E-state index is 13.0. The molecule has 0 fully saturated rings. The van der Waals surface area contributed by atoms with Crippen molar-refractivity contribution in [2.24, 2.45) is 0 Å². The lowest BCUT2D eigenvalue weighted by atomic mass is 9.77. The highest BCUT2D eigenvalue weighted by Gasteiger charge is 2.27. The molecule has 5 aromatic rings. The van der Waals surface area contributed by atoms with Gasteiger partial charge in [-0.3, -0.25) is 4.79 Å². The molecule has 0 spiro atoms. The fourth-order valence-corrected chi connectivity index (χ4v) is 6.28. The molecule has 0 aliphatic carbocycles. The Morgan fingerprint density at radius 3 is 1.21 bits per heavy atom. The number of carbonyl (C=O) groups excluding carboxylic acids is 3. The van der Waals surface area contributed by atoms with Gasteiger partial charge in [0, 0.05) is 16.4 Å². The van der Waals surface area contributed by atoms with Gasteiger partial charge >= 0.3 is 12.1 Å². The Labute approximate surface area is 306 Å². The smallest absolute Gasteiger partial charge is 0.496 e. The van der Waals surface area contributed by atoms with Crippen LogP contribution in [0.3, 0.4) is 0 Å². The first-order chi connectivity index (χ1) is 24.5. The SMILES string of the molecule is COc1ccc(C(C)(C)c2ccc(OC(=O)Oc3ccc(C(C)(C)c4ccc(OC(=O)c5cccc(C(C)=O)c5)c(C)c4)cc3C)c(C)c2)cc1C. The van der Waals surface area contributed by atoms with Crippen molar-refractivity contribution in [2.45, 2.75) is 73.1 Å². The normalized spacial score (nSPS) is 11.5. The maximum Gasteiger partial charge on any atom is 0.519 e. The van der Waals surface area contributed by atoms with E-state index in [9.17, 15) is 14.4 Å². The van der Waals surface area contributed by atoms with E-state index in [1.165, 1.54) is 13.0 Å². The van der Waals surface area contributed by atoms with Gasteiger partial charge in [0.25, 0.3) is 0 Å². The van der Waals surface area contributed by atoms with Crippen LogP contribution in [-0.2, 0) is 10.8 Å². The predicted molar refractivity (Wildman–Crippen MR) is 204 cm³/mol. The number of benzene rings is 5. The minimum Gasteiger partial charge on any atom is -0.496 e. The van der Waals surface area contributed by atoms with Crippen molar-refractivity contribution in [2.75, 3.05) is 7.11 Å². The second kappa shape index (κ2) is 14.9. The van der Waals surface area contributed by atoms with E-state index < -0.39 is 17.5 Å². The van der Waals surface area contributed by atoms with Gasteiger partial charge in [-0.15, -0.1) is 0 Å². The molecule has 5 rings (SSSR count). The van der Waals surface area contributed by atoms with Crippen LogP contribution in [-0.4, -0.2) is 25.0 Å². The summed E-state index contributed by atoms with van der Waals surface area (Å²) in [5.41, 5.74) is 7.78. The zero-order chi connectivity index (χ0) is 38.0. The lowest BCUT2D eigenvalue weighted by Crippen LogP contribution is -2.20. The fraction of sp³-hybridized carbons (Fsp3) is 0.267. The molecule has 0 amide bonds. The first-order valence-corrected chi connectivity index (χ1v) is 17.2. The number of carbonyl (C=O) groups is 3. The van der Waals surface area contributed by atoms with Crippen molar-refractivity contribution < 1.29 is 33.3 Å². The van der Waals surface area contributed by atoms with Gasteiger partial charge in [0.15, 0.2) is 5.78 Å². The Morgan fingerprint density at radius 1 is 0.481 bits per heavy atom. The molecular formula is C45H46O7. The molecule has 0 saturated heterocycles. The third-order valence-electron chi connectivity index (χ3n) is 9.90. The summed E-state index contributed by atoms with van der Waals surface area (Å²) in [5.74, 6) is 1.48. The van der Waals surface area contributed by atoms with E-state index in [1.807, 2.05) is 76.2 Å². The molecule has 5 aromatic carbocycles. The Balaban J connectivity index is 1.25. The maximum atomic E-state index is 13.0. The van der Waals surface area contributed by atoms with E-state index in [0.717, 1.165) is 50.3 Å². The summed E-state index contributed by atoms with van der Waals surface area (Å²) in [7, 11) is 1.67. The van der Waals surface area contributed by atoms with Crippen LogP contribution in [0.4, 0.5) is 4.79 Å². The summed E-state index contributed by atoms with van der Waals surface area (Å²) >= 11 is 0. The van der Waals surface area contributed by atoms with Crippen molar-refractivity contribution in [1.29, 1.82) is 0 Å². The van der Waals surface area contributed by atoms with Crippen molar-refractivity contribution >= 4 is 17.9 Å². The van der Waals surface area contributed by atoms with Gasteiger partial charge < -0.3 is 18.9 Å². The highest BCUT2D eigenvalue weighted by Crippen LogP contribution is 2.38. The number of methoxy groups -OCH3 is 1. The van der Waals surface area contributed by atoms with Crippen LogP contribution < -0.4 is 18.9 Å². The van der Waals surface area contributed by atoms with Gasteiger partial charge in [-0.25, -0.2) is 9.59 Å². The molecule has 52 heavy (non-hydrogen) atoms. The summed E-state index contributed by atoms with van der Waals surface area (Å²) in [6.45, 7) is 17.7. The van der Waals surface area contributed by atoms with Crippen LogP contribution >= 0.6 is 0 Å². The zero-order valence-electron chi connectivity index (χ0n) is 31.6. The van der Waals surface area contributed by atoms with E-state index in [0.29, 0.717) is 28.4 Å². The molecule has 0 bridgehead atoms. The Hall–Kier alpha value is -5.69. The number of aryl methyl sites for hydroxylation is 4. The first kappa shape index (κ1) is 37.6. The van der Waals surface area contributed by atoms with Crippen LogP contribution in [0.15, 0.2) is 97.1 Å². The fourth-order valence-electron chi connectivity index (χ4n) is 6.28. The Kier molecular flexibility index (Phi) is 10.8. The van der Waals surface area contributed by atoms with Gasteiger partial charge in [0.2, 0.25) is 0 Å². The molecule has 7 nitrogen and oxygen atoms in total. The van der Waals surface area contributed by atoms with E-state index in [-0.39, 0.29) is 11.2 Å².